The van der Waals surface area contributed by atoms with Gasteiger partial charge >= 0.3 is 6.09 Å². The monoisotopic (exact) mass is 724 g/mol. The number of thioether (sulfide) groups is 2. The van der Waals surface area contributed by atoms with Crippen molar-refractivity contribution in [1.29, 1.82) is 0 Å². The van der Waals surface area contributed by atoms with E-state index in [9.17, 15) is 14.4 Å². The Kier molecular flexibility index (Phi) is 12.6. The molecule has 3 N–H and O–H groups in total. The van der Waals surface area contributed by atoms with E-state index in [0.717, 1.165) is 40.5 Å². The maximum Gasteiger partial charge on any atom is 0.410 e. The molecule has 1 aromatic heterocycles. The summed E-state index contributed by atoms with van der Waals surface area (Å²) in [6.45, 7) is 9.66. The highest BCUT2D eigenvalue weighted by Gasteiger charge is 2.34. The highest BCUT2D eigenvalue weighted by atomic mass is 32.2. The molecule has 2 atom stereocenters. The van der Waals surface area contributed by atoms with E-state index in [1.807, 2.05) is 93.2 Å². The number of amidine groups is 1. The van der Waals surface area contributed by atoms with Gasteiger partial charge in [0, 0.05) is 32.6 Å². The van der Waals surface area contributed by atoms with E-state index in [1.165, 1.54) is 23.1 Å². The smallest absolute Gasteiger partial charge is 0.410 e. The molecule has 2 aromatic carbocycles. The summed E-state index contributed by atoms with van der Waals surface area (Å²) in [5.41, 5.74) is 4.46. The second-order valence-electron chi connectivity index (χ2n) is 13.0. The number of aromatic nitrogens is 2. The van der Waals surface area contributed by atoms with E-state index in [2.05, 4.69) is 43.2 Å². The van der Waals surface area contributed by atoms with Crippen LogP contribution >= 0.6 is 34.9 Å². The number of anilines is 1. The van der Waals surface area contributed by atoms with Gasteiger partial charge in [-0.1, -0.05) is 83.8 Å². The van der Waals surface area contributed by atoms with E-state index in [-0.39, 0.29) is 22.8 Å². The minimum absolute atomic E-state index is 0.0841. The fourth-order valence-corrected chi connectivity index (χ4v) is 8.37. The lowest BCUT2D eigenvalue weighted by Crippen LogP contribution is -2.52. The highest BCUT2D eigenvalue weighted by Crippen LogP contribution is 2.32. The Bertz CT molecular complexity index is 1590. The Morgan fingerprint density at radius 2 is 1.67 bits per heavy atom. The van der Waals surface area contributed by atoms with Crippen LogP contribution in [0.25, 0.3) is 0 Å². The molecule has 2 aliphatic rings. The van der Waals surface area contributed by atoms with Crippen LogP contribution in [0.1, 0.15) is 56.3 Å². The van der Waals surface area contributed by atoms with Gasteiger partial charge in [0.05, 0.1) is 6.42 Å². The number of hydrogen-bond acceptors (Lipinski definition) is 12. The van der Waals surface area contributed by atoms with Crippen molar-refractivity contribution in [3.63, 3.8) is 0 Å². The van der Waals surface area contributed by atoms with Crippen molar-refractivity contribution in [1.82, 2.24) is 30.7 Å². The third-order valence-electron chi connectivity index (χ3n) is 7.75. The Balaban J connectivity index is 1.04. The molecular weight excluding hydrogens is 681 g/mol. The van der Waals surface area contributed by atoms with Crippen LogP contribution in [0.5, 0.6) is 0 Å². The van der Waals surface area contributed by atoms with Gasteiger partial charge in [0.2, 0.25) is 16.9 Å². The van der Waals surface area contributed by atoms with Crippen LogP contribution in [0.15, 0.2) is 65.8 Å². The van der Waals surface area contributed by atoms with Crippen molar-refractivity contribution in [2.45, 2.75) is 63.5 Å². The van der Waals surface area contributed by atoms with Crippen molar-refractivity contribution in [2.24, 2.45) is 5.10 Å². The quantitative estimate of drug-likeness (QED) is 0.216. The van der Waals surface area contributed by atoms with Gasteiger partial charge in [0.25, 0.3) is 0 Å². The Hall–Kier alpha value is -3.66. The van der Waals surface area contributed by atoms with Crippen molar-refractivity contribution in [3.8, 4) is 0 Å². The Morgan fingerprint density at radius 1 is 0.980 bits per heavy atom. The molecule has 0 radical (unpaired) electrons. The molecule has 49 heavy (non-hydrogen) atoms. The summed E-state index contributed by atoms with van der Waals surface area (Å²) in [5.74, 6) is 1.50. The maximum atomic E-state index is 13.7. The second kappa shape index (κ2) is 16.8. The zero-order valence-electron chi connectivity index (χ0n) is 28.3. The molecule has 262 valence electrons. The summed E-state index contributed by atoms with van der Waals surface area (Å²) in [5, 5.41) is 20.7. The summed E-state index contributed by atoms with van der Waals surface area (Å²) < 4.78 is 5.54. The van der Waals surface area contributed by atoms with E-state index >= 15 is 0 Å². The predicted octanol–water partition coefficient (Wildman–Crippen LogP) is 5.12. The third-order valence-corrected chi connectivity index (χ3v) is 10.8. The van der Waals surface area contributed by atoms with Gasteiger partial charge in [-0.2, -0.15) is 16.9 Å². The van der Waals surface area contributed by atoms with Crippen LogP contribution in [0.3, 0.4) is 0 Å². The predicted molar refractivity (Wildman–Crippen MR) is 198 cm³/mol. The fraction of sp³-hybridized carbons (Fsp3) is 0.471. The first kappa shape index (κ1) is 36.6. The summed E-state index contributed by atoms with van der Waals surface area (Å²) in [6, 6.07) is 18.8. The number of hydrogen-bond donors (Lipinski definition) is 3. The minimum Gasteiger partial charge on any atom is -0.444 e. The lowest BCUT2D eigenvalue weighted by Gasteiger charge is -2.39. The van der Waals surface area contributed by atoms with Gasteiger partial charge in [-0.3, -0.25) is 25.2 Å². The van der Waals surface area contributed by atoms with E-state index in [1.54, 1.807) is 4.90 Å². The summed E-state index contributed by atoms with van der Waals surface area (Å²) in [7, 11) is 0. The third kappa shape index (κ3) is 11.2. The molecule has 0 spiro atoms. The summed E-state index contributed by atoms with van der Waals surface area (Å²) >= 11 is 4.74. The number of benzene rings is 2. The molecule has 2 unspecified atom stereocenters. The number of nitrogens with one attached hydrogen (secondary N) is 3. The van der Waals surface area contributed by atoms with E-state index < -0.39 is 11.6 Å². The van der Waals surface area contributed by atoms with Gasteiger partial charge < -0.3 is 15.0 Å². The van der Waals surface area contributed by atoms with E-state index in [0.29, 0.717) is 42.9 Å². The van der Waals surface area contributed by atoms with Crippen LogP contribution in [-0.4, -0.2) is 91.2 Å². The van der Waals surface area contributed by atoms with Gasteiger partial charge in [-0.15, -0.1) is 10.2 Å². The first-order chi connectivity index (χ1) is 23.5. The number of nitrogens with zero attached hydrogens (tertiary/aromatic N) is 5. The van der Waals surface area contributed by atoms with Crippen LogP contribution in [0.2, 0.25) is 0 Å². The lowest BCUT2D eigenvalue weighted by molar-refractivity contribution is -0.122. The Morgan fingerprint density at radius 3 is 2.37 bits per heavy atom. The highest BCUT2D eigenvalue weighted by molar-refractivity contribution is 8.15. The number of carbonyl (C=O) groups is 3. The number of hydrazone groups is 1. The van der Waals surface area contributed by atoms with Crippen molar-refractivity contribution in [3.05, 3.63) is 76.8 Å². The molecule has 2 aliphatic heterocycles. The van der Waals surface area contributed by atoms with Gasteiger partial charge in [0.1, 0.15) is 21.5 Å². The molecular formula is C34H44N8O4S3. The number of carbonyl (C=O) groups excluding carboxylic acids is 3. The molecule has 5 rings (SSSR count). The molecule has 1 fully saturated rings. The number of ether oxygens (including phenoxy) is 1. The first-order valence-electron chi connectivity index (χ1n) is 16.3. The van der Waals surface area contributed by atoms with Gasteiger partial charge in [0.15, 0.2) is 5.17 Å². The molecule has 3 amide bonds. The zero-order valence-corrected chi connectivity index (χ0v) is 30.8. The van der Waals surface area contributed by atoms with Gasteiger partial charge in [-0.05, 0) is 56.7 Å². The molecule has 0 bridgehead atoms. The van der Waals surface area contributed by atoms with Crippen molar-refractivity contribution < 1.29 is 19.1 Å². The number of aryl methyl sites for hydroxylation is 1. The average Bonchev–Trinajstić information content (AvgIpc) is 3.67. The molecule has 15 heteroatoms. The van der Waals surface area contributed by atoms with Crippen LogP contribution in [-0.2, 0) is 27.2 Å². The van der Waals surface area contributed by atoms with Crippen molar-refractivity contribution >= 4 is 63.1 Å². The fourth-order valence-electron chi connectivity index (χ4n) is 5.29. The van der Waals surface area contributed by atoms with Gasteiger partial charge in [-0.25, -0.2) is 4.79 Å². The molecule has 0 aliphatic carbocycles. The summed E-state index contributed by atoms with van der Waals surface area (Å²) in [6.07, 6.45) is 1.57. The standard InChI is InChI=1S/C34H44N8O4S3/c1-33(2,3)46-32(45)42-19-17-41(18-20-42)28(25-13-9-6-10-14-25)29(44)36-30-38-37-27(48-30)15-21-47-22-16-34(4)40-39-31(49-34)35-26(43)23-24-11-7-5-8-12-24/h5-14,28,40H,15-23H2,1-4H3,(H,35,39,43)(H,36,38,44). The normalized spacial score (nSPS) is 18.7. The Labute approximate surface area is 300 Å². The largest absolute Gasteiger partial charge is 0.444 e. The lowest BCUT2D eigenvalue weighted by atomic mass is 10.0. The SMILES string of the molecule is CC(C)(C)OC(=O)N1CCN(C(C(=O)Nc2nnc(CCSCCC3(C)NN=C(NC(=O)Cc4ccccc4)S3)s2)c2ccccc2)CC1. The van der Waals surface area contributed by atoms with Crippen molar-refractivity contribution in [2.75, 3.05) is 43.0 Å². The molecule has 12 nitrogen and oxygen atoms in total. The number of piperazine rings is 1. The topological polar surface area (TPSA) is 141 Å². The van der Waals surface area contributed by atoms with Crippen LogP contribution in [0, 0.1) is 0 Å². The maximum absolute atomic E-state index is 13.7. The molecule has 1 saturated heterocycles. The van der Waals surface area contributed by atoms with Crippen LogP contribution < -0.4 is 16.1 Å². The summed E-state index contributed by atoms with van der Waals surface area (Å²) in [4.78, 5) is 42.2. The number of amides is 3. The molecule has 3 heterocycles. The molecule has 0 saturated carbocycles. The second-order valence-corrected chi connectivity index (χ2v) is 16.8. The molecule has 3 aromatic rings. The average molecular weight is 725 g/mol. The minimum atomic E-state index is -0.561. The van der Waals surface area contributed by atoms with Crippen LogP contribution in [0.4, 0.5) is 9.93 Å². The van der Waals surface area contributed by atoms with E-state index in [4.69, 9.17) is 4.74 Å². The first-order valence-corrected chi connectivity index (χ1v) is 19.1. The zero-order chi connectivity index (χ0) is 34.9. The number of rotatable bonds is 12.